The van der Waals surface area contributed by atoms with E-state index in [1.165, 1.54) is 11.3 Å². The van der Waals surface area contributed by atoms with Crippen LogP contribution in [0.1, 0.15) is 37.1 Å². The number of thioether (sulfide) groups is 1. The second kappa shape index (κ2) is 6.73. The average molecular weight is 305 g/mol. The minimum atomic E-state index is 0.108. The van der Waals surface area contributed by atoms with Gasteiger partial charge in [-0.15, -0.1) is 5.10 Å². The Morgan fingerprint density at radius 1 is 1.20 bits per heavy atom. The fourth-order valence-corrected chi connectivity index (χ4v) is 3.62. The maximum Gasteiger partial charge on any atom is 0.295 e. The average Bonchev–Trinajstić information content (AvgIpc) is 2.85. The van der Waals surface area contributed by atoms with E-state index in [0.29, 0.717) is 10.8 Å². The zero-order valence-electron chi connectivity index (χ0n) is 11.5. The van der Waals surface area contributed by atoms with Crippen LogP contribution >= 0.6 is 23.1 Å². The van der Waals surface area contributed by atoms with Crippen LogP contribution in [0.25, 0.3) is 0 Å². The summed E-state index contributed by atoms with van der Waals surface area (Å²) in [5.41, 5.74) is 1.84. The molecule has 1 aromatic carbocycles. The van der Waals surface area contributed by atoms with E-state index in [-0.39, 0.29) is 11.4 Å². The Hall–Kier alpha value is -1.58. The zero-order valence-corrected chi connectivity index (χ0v) is 13.2. The predicted octanol–water partition coefficient (Wildman–Crippen LogP) is 4.05. The Morgan fingerprint density at radius 2 is 1.90 bits per heavy atom. The Balaban J connectivity index is 2.01. The molecule has 1 atom stereocenters. The first-order valence-electron chi connectivity index (χ1n) is 6.25. The Labute approximate surface area is 126 Å². The van der Waals surface area contributed by atoms with Crippen molar-refractivity contribution in [2.24, 2.45) is 0 Å². The third kappa shape index (κ3) is 3.95. The van der Waals surface area contributed by atoms with Crippen LogP contribution in [0.3, 0.4) is 0 Å². The Kier molecular flexibility index (Phi) is 4.99. The first kappa shape index (κ1) is 14.8. The summed E-state index contributed by atoms with van der Waals surface area (Å²) in [6, 6.07) is 9.74. The lowest BCUT2D eigenvalue weighted by Crippen LogP contribution is -2.04. The molecule has 0 bridgehead atoms. The quantitative estimate of drug-likeness (QED) is 0.780. The first-order valence-corrected chi connectivity index (χ1v) is 7.95. The maximum atomic E-state index is 8.79. The lowest BCUT2D eigenvalue weighted by molar-refractivity contribution is 0.239. The van der Waals surface area contributed by atoms with Gasteiger partial charge in [-0.25, -0.2) is 0 Å². The minimum Gasteiger partial charge on any atom is -0.466 e. The molecule has 0 radical (unpaired) electrons. The van der Waals surface area contributed by atoms with E-state index in [9.17, 15) is 0 Å². The van der Waals surface area contributed by atoms with Crippen molar-refractivity contribution in [1.82, 2.24) is 10.2 Å². The van der Waals surface area contributed by atoms with Crippen LogP contribution in [0.15, 0.2) is 28.6 Å². The van der Waals surface area contributed by atoms with Crippen molar-refractivity contribution in [3.63, 3.8) is 0 Å². The van der Waals surface area contributed by atoms with E-state index < -0.39 is 0 Å². The fraction of sp³-hybridized carbons (Fsp3) is 0.357. The van der Waals surface area contributed by atoms with E-state index in [1.54, 1.807) is 11.8 Å². The van der Waals surface area contributed by atoms with Gasteiger partial charge >= 0.3 is 0 Å². The largest absolute Gasteiger partial charge is 0.466 e. The van der Waals surface area contributed by atoms with Gasteiger partial charge in [-0.05, 0) is 49.8 Å². The van der Waals surface area contributed by atoms with Gasteiger partial charge in [-0.3, -0.25) is 0 Å². The highest BCUT2D eigenvalue weighted by atomic mass is 32.2. The van der Waals surface area contributed by atoms with Crippen molar-refractivity contribution in [1.29, 1.82) is 5.26 Å². The molecule has 0 N–H and O–H groups in total. The Bertz CT molecular complexity index is 602. The molecule has 1 heterocycles. The van der Waals surface area contributed by atoms with Crippen LogP contribution in [0.2, 0.25) is 0 Å². The lowest BCUT2D eigenvalue weighted by atomic mass is 10.1. The lowest BCUT2D eigenvalue weighted by Gasteiger charge is -2.08. The first-order chi connectivity index (χ1) is 9.58. The number of hydrogen-bond donors (Lipinski definition) is 0. The highest BCUT2D eigenvalue weighted by molar-refractivity contribution is 8.01. The molecule has 0 aliphatic carbocycles. The van der Waals surface area contributed by atoms with Crippen LogP contribution < -0.4 is 4.74 Å². The van der Waals surface area contributed by atoms with Crippen molar-refractivity contribution >= 4 is 23.1 Å². The summed E-state index contributed by atoms with van der Waals surface area (Å²) in [4.78, 5) is 0. The molecule has 1 aromatic heterocycles. The van der Waals surface area contributed by atoms with Gasteiger partial charge in [0, 0.05) is 5.25 Å². The van der Waals surface area contributed by atoms with Gasteiger partial charge in [0.1, 0.15) is 0 Å². The molecular weight excluding hydrogens is 290 g/mol. The minimum absolute atomic E-state index is 0.108. The van der Waals surface area contributed by atoms with Crippen LogP contribution in [0, 0.1) is 11.3 Å². The van der Waals surface area contributed by atoms with E-state index >= 15 is 0 Å². The second-order valence-corrected chi connectivity index (χ2v) is 7.02. The molecule has 0 amide bonds. The molecule has 20 heavy (non-hydrogen) atoms. The molecule has 1 unspecified atom stereocenters. The number of hydrogen-bond acceptors (Lipinski definition) is 6. The summed E-state index contributed by atoms with van der Waals surface area (Å²) < 4.78 is 6.39. The molecule has 0 fully saturated rings. The summed E-state index contributed by atoms with van der Waals surface area (Å²) in [7, 11) is 0. The number of benzene rings is 1. The maximum absolute atomic E-state index is 8.79. The van der Waals surface area contributed by atoms with Crippen molar-refractivity contribution in [2.45, 2.75) is 36.5 Å². The van der Waals surface area contributed by atoms with Gasteiger partial charge in [-0.1, -0.05) is 29.0 Å². The van der Waals surface area contributed by atoms with Gasteiger partial charge in [0.15, 0.2) is 4.34 Å². The summed E-state index contributed by atoms with van der Waals surface area (Å²) >= 11 is 3.10. The fourth-order valence-electron chi connectivity index (χ4n) is 1.54. The van der Waals surface area contributed by atoms with Crippen LogP contribution in [-0.4, -0.2) is 16.3 Å². The van der Waals surface area contributed by atoms with Gasteiger partial charge in [0.2, 0.25) is 0 Å². The molecule has 2 rings (SSSR count). The predicted molar refractivity (Wildman–Crippen MR) is 81.1 cm³/mol. The number of nitrogens with zero attached hydrogens (tertiary/aromatic N) is 3. The van der Waals surface area contributed by atoms with Crippen molar-refractivity contribution in [3.8, 4) is 11.3 Å². The normalized spacial score (nSPS) is 12.2. The third-order valence-electron chi connectivity index (χ3n) is 2.51. The number of aromatic nitrogens is 2. The molecule has 0 aliphatic heterocycles. The molecular formula is C14H15N3OS2. The molecule has 0 aliphatic rings. The molecule has 104 valence electrons. The standard InChI is InChI=1S/C14H15N3OS2/c1-9(2)18-13-16-17-14(20-13)19-10(3)12-6-4-11(8-15)5-7-12/h4-7,9-10H,1-3H3. The van der Waals surface area contributed by atoms with Crippen molar-refractivity contribution < 1.29 is 4.74 Å². The van der Waals surface area contributed by atoms with Gasteiger partial charge in [0.05, 0.1) is 17.7 Å². The SMILES string of the molecule is CC(C)Oc1nnc(SC(C)c2ccc(C#N)cc2)s1. The smallest absolute Gasteiger partial charge is 0.295 e. The topological polar surface area (TPSA) is 58.8 Å². The number of ether oxygens (including phenoxy) is 1. The van der Waals surface area contributed by atoms with E-state index in [4.69, 9.17) is 10.00 Å². The van der Waals surface area contributed by atoms with E-state index in [0.717, 1.165) is 9.90 Å². The molecule has 4 nitrogen and oxygen atoms in total. The summed E-state index contributed by atoms with van der Waals surface area (Å²) in [5, 5.41) is 17.8. The highest BCUT2D eigenvalue weighted by Gasteiger charge is 2.13. The van der Waals surface area contributed by atoms with Gasteiger partial charge in [-0.2, -0.15) is 5.26 Å². The Morgan fingerprint density at radius 3 is 2.50 bits per heavy atom. The summed E-state index contributed by atoms with van der Waals surface area (Å²) in [6.07, 6.45) is 0.108. The molecule has 6 heteroatoms. The molecule has 0 saturated heterocycles. The van der Waals surface area contributed by atoms with Crippen LogP contribution in [0.4, 0.5) is 0 Å². The molecule has 0 spiro atoms. The van der Waals surface area contributed by atoms with Crippen LogP contribution in [-0.2, 0) is 0 Å². The molecule has 0 saturated carbocycles. The summed E-state index contributed by atoms with van der Waals surface area (Å²) in [5.74, 6) is 0. The zero-order chi connectivity index (χ0) is 14.5. The van der Waals surface area contributed by atoms with E-state index in [2.05, 4.69) is 23.2 Å². The number of nitriles is 1. The third-order valence-corrected chi connectivity index (χ3v) is 4.57. The molecule has 2 aromatic rings. The monoisotopic (exact) mass is 305 g/mol. The summed E-state index contributed by atoms with van der Waals surface area (Å²) in [6.45, 7) is 6.04. The van der Waals surface area contributed by atoms with Crippen molar-refractivity contribution in [3.05, 3.63) is 35.4 Å². The van der Waals surface area contributed by atoms with Gasteiger partial charge in [0.25, 0.3) is 5.19 Å². The number of rotatable bonds is 5. The van der Waals surface area contributed by atoms with Crippen LogP contribution in [0.5, 0.6) is 5.19 Å². The van der Waals surface area contributed by atoms with Crippen molar-refractivity contribution in [2.75, 3.05) is 0 Å². The second-order valence-electron chi connectivity index (χ2n) is 4.49. The van der Waals surface area contributed by atoms with Gasteiger partial charge < -0.3 is 4.74 Å². The van der Waals surface area contributed by atoms with E-state index in [1.807, 2.05) is 38.1 Å². The highest BCUT2D eigenvalue weighted by Crippen LogP contribution is 2.38.